The summed E-state index contributed by atoms with van der Waals surface area (Å²) in [6, 6.07) is 9.87. The van der Waals surface area contributed by atoms with E-state index in [1.165, 1.54) is 5.56 Å². The SMILES string of the molecule is S=c1[nH]c2c(Cl)cccc2n1CCc1ccncc1. The Balaban J connectivity index is 1.95. The van der Waals surface area contributed by atoms with Crippen LogP contribution in [0.1, 0.15) is 5.56 Å². The minimum absolute atomic E-state index is 0.700. The highest BCUT2D eigenvalue weighted by Crippen LogP contribution is 2.22. The Bertz CT molecular complexity index is 761. The fourth-order valence-corrected chi connectivity index (χ4v) is 2.67. The lowest BCUT2D eigenvalue weighted by Gasteiger charge is -2.04. The van der Waals surface area contributed by atoms with Crippen LogP contribution < -0.4 is 0 Å². The van der Waals surface area contributed by atoms with Gasteiger partial charge in [0.15, 0.2) is 4.77 Å². The first-order chi connectivity index (χ1) is 9.25. The molecule has 0 saturated heterocycles. The number of hydrogen-bond acceptors (Lipinski definition) is 2. The third-order valence-corrected chi connectivity index (χ3v) is 3.77. The van der Waals surface area contributed by atoms with E-state index in [-0.39, 0.29) is 0 Å². The summed E-state index contributed by atoms with van der Waals surface area (Å²) in [5, 5.41) is 0.700. The summed E-state index contributed by atoms with van der Waals surface area (Å²) in [4.78, 5) is 7.18. The van der Waals surface area contributed by atoms with Crippen LogP contribution in [0, 0.1) is 4.77 Å². The van der Waals surface area contributed by atoms with Gasteiger partial charge in [-0.25, -0.2) is 0 Å². The summed E-state index contributed by atoms with van der Waals surface area (Å²) in [7, 11) is 0. The molecular weight excluding hydrogens is 278 g/mol. The van der Waals surface area contributed by atoms with Gasteiger partial charge in [-0.2, -0.15) is 0 Å². The first kappa shape index (κ1) is 12.4. The molecule has 0 fully saturated rings. The maximum absolute atomic E-state index is 6.16. The van der Waals surface area contributed by atoms with Crippen LogP contribution in [0.15, 0.2) is 42.7 Å². The van der Waals surface area contributed by atoms with Crippen LogP contribution in [0.3, 0.4) is 0 Å². The molecule has 2 heterocycles. The van der Waals surface area contributed by atoms with Gasteiger partial charge in [-0.3, -0.25) is 4.98 Å². The molecule has 3 aromatic rings. The van der Waals surface area contributed by atoms with Crippen LogP contribution >= 0.6 is 23.8 Å². The Morgan fingerprint density at radius 2 is 2.00 bits per heavy atom. The van der Waals surface area contributed by atoms with Gasteiger partial charge in [-0.1, -0.05) is 17.7 Å². The smallest absolute Gasteiger partial charge is 0.178 e. The Kier molecular flexibility index (Phi) is 3.36. The third kappa shape index (κ3) is 2.41. The van der Waals surface area contributed by atoms with Gasteiger partial charge in [0.05, 0.1) is 16.1 Å². The molecule has 0 radical (unpaired) electrons. The molecule has 1 N–H and O–H groups in total. The van der Waals surface area contributed by atoms with E-state index in [2.05, 4.69) is 14.5 Å². The summed E-state index contributed by atoms with van der Waals surface area (Å²) in [6.07, 6.45) is 4.53. The van der Waals surface area contributed by atoms with E-state index in [1.807, 2.05) is 30.3 Å². The topological polar surface area (TPSA) is 33.6 Å². The second kappa shape index (κ2) is 5.15. The van der Waals surface area contributed by atoms with Crippen molar-refractivity contribution in [1.29, 1.82) is 0 Å². The van der Waals surface area contributed by atoms with Gasteiger partial charge >= 0.3 is 0 Å². The largest absolute Gasteiger partial charge is 0.329 e. The zero-order valence-electron chi connectivity index (χ0n) is 10.1. The number of hydrogen-bond donors (Lipinski definition) is 1. The van der Waals surface area contributed by atoms with E-state index < -0.39 is 0 Å². The predicted octanol–water partition coefficient (Wildman–Crippen LogP) is 3.99. The molecule has 0 spiro atoms. The average molecular weight is 290 g/mol. The van der Waals surface area contributed by atoms with Gasteiger partial charge in [0, 0.05) is 18.9 Å². The average Bonchev–Trinajstić information content (AvgIpc) is 2.75. The molecule has 0 aliphatic rings. The lowest BCUT2D eigenvalue weighted by molar-refractivity contribution is 0.706. The molecule has 0 unspecified atom stereocenters. The highest BCUT2D eigenvalue weighted by Gasteiger charge is 2.06. The van der Waals surface area contributed by atoms with E-state index in [9.17, 15) is 0 Å². The van der Waals surface area contributed by atoms with Gasteiger partial charge < -0.3 is 9.55 Å². The van der Waals surface area contributed by atoms with Gasteiger partial charge in [0.1, 0.15) is 0 Å². The van der Waals surface area contributed by atoms with Crippen LogP contribution in [-0.4, -0.2) is 14.5 Å². The number of fused-ring (bicyclic) bond motifs is 1. The van der Waals surface area contributed by atoms with Crippen molar-refractivity contribution in [2.45, 2.75) is 13.0 Å². The molecule has 0 saturated carbocycles. The fraction of sp³-hybridized carbons (Fsp3) is 0.143. The van der Waals surface area contributed by atoms with Gasteiger partial charge in [-0.05, 0) is 48.5 Å². The molecular formula is C14H12ClN3S. The minimum Gasteiger partial charge on any atom is -0.329 e. The molecule has 0 bridgehead atoms. The molecule has 19 heavy (non-hydrogen) atoms. The van der Waals surface area contributed by atoms with Gasteiger partial charge in [0.25, 0.3) is 0 Å². The van der Waals surface area contributed by atoms with Crippen molar-refractivity contribution in [3.63, 3.8) is 0 Å². The number of benzene rings is 1. The van der Waals surface area contributed by atoms with Crippen LogP contribution in [0.4, 0.5) is 0 Å². The molecule has 96 valence electrons. The number of para-hydroxylation sites is 1. The van der Waals surface area contributed by atoms with Crippen molar-refractivity contribution in [3.8, 4) is 0 Å². The van der Waals surface area contributed by atoms with Gasteiger partial charge in [0.2, 0.25) is 0 Å². The number of H-pyrrole nitrogens is 1. The number of nitrogens with one attached hydrogen (secondary N) is 1. The molecule has 0 aliphatic heterocycles. The van der Waals surface area contributed by atoms with E-state index in [0.717, 1.165) is 24.0 Å². The molecule has 0 amide bonds. The van der Waals surface area contributed by atoms with E-state index in [0.29, 0.717) is 9.79 Å². The quantitative estimate of drug-likeness (QED) is 0.740. The number of aromatic nitrogens is 3. The summed E-state index contributed by atoms with van der Waals surface area (Å²) in [6.45, 7) is 0.823. The Morgan fingerprint density at radius 3 is 2.79 bits per heavy atom. The maximum Gasteiger partial charge on any atom is 0.178 e. The zero-order chi connectivity index (χ0) is 13.2. The normalized spacial score (nSPS) is 11.0. The van der Waals surface area contributed by atoms with Crippen molar-refractivity contribution in [2.24, 2.45) is 0 Å². The zero-order valence-corrected chi connectivity index (χ0v) is 11.7. The number of aryl methyl sites for hydroxylation is 2. The van der Waals surface area contributed by atoms with Crippen molar-refractivity contribution < 1.29 is 0 Å². The molecule has 0 atom stereocenters. The lowest BCUT2D eigenvalue weighted by atomic mass is 10.2. The van der Waals surface area contributed by atoms with Crippen LogP contribution in [-0.2, 0) is 13.0 Å². The third-order valence-electron chi connectivity index (χ3n) is 3.13. The molecule has 1 aromatic carbocycles. The molecule has 3 nitrogen and oxygen atoms in total. The second-order valence-corrected chi connectivity index (χ2v) is 5.12. The van der Waals surface area contributed by atoms with Crippen LogP contribution in [0.25, 0.3) is 11.0 Å². The summed E-state index contributed by atoms with van der Waals surface area (Å²) < 4.78 is 2.79. The number of rotatable bonds is 3. The van der Waals surface area contributed by atoms with E-state index in [1.54, 1.807) is 12.4 Å². The standard InChI is InChI=1S/C14H12ClN3S/c15-11-2-1-3-12-13(11)17-14(19)18(12)9-6-10-4-7-16-8-5-10/h1-5,7-8H,6,9H2,(H,17,19). The van der Waals surface area contributed by atoms with Crippen LogP contribution in [0.5, 0.6) is 0 Å². The summed E-state index contributed by atoms with van der Waals surface area (Å²) in [5.74, 6) is 0. The van der Waals surface area contributed by atoms with Crippen molar-refractivity contribution in [1.82, 2.24) is 14.5 Å². The maximum atomic E-state index is 6.16. The van der Waals surface area contributed by atoms with Crippen molar-refractivity contribution in [2.75, 3.05) is 0 Å². The number of pyridine rings is 1. The first-order valence-electron chi connectivity index (χ1n) is 6.01. The Morgan fingerprint density at radius 1 is 1.21 bits per heavy atom. The number of halogens is 1. The van der Waals surface area contributed by atoms with Crippen molar-refractivity contribution in [3.05, 3.63) is 58.1 Å². The Labute approximate surface area is 120 Å². The van der Waals surface area contributed by atoms with E-state index >= 15 is 0 Å². The number of imidazole rings is 1. The number of aromatic amines is 1. The molecule has 5 heteroatoms. The summed E-state index contributed by atoms with van der Waals surface area (Å²) in [5.41, 5.74) is 3.20. The predicted molar refractivity (Wildman–Crippen MR) is 80.1 cm³/mol. The molecule has 2 aromatic heterocycles. The number of nitrogens with zero attached hydrogens (tertiary/aromatic N) is 2. The highest BCUT2D eigenvalue weighted by molar-refractivity contribution is 7.71. The van der Waals surface area contributed by atoms with E-state index in [4.69, 9.17) is 23.8 Å². The second-order valence-electron chi connectivity index (χ2n) is 4.32. The minimum atomic E-state index is 0.700. The first-order valence-corrected chi connectivity index (χ1v) is 6.80. The fourth-order valence-electron chi connectivity index (χ4n) is 2.16. The van der Waals surface area contributed by atoms with Crippen LogP contribution in [0.2, 0.25) is 5.02 Å². The monoisotopic (exact) mass is 289 g/mol. The molecule has 0 aliphatic carbocycles. The van der Waals surface area contributed by atoms with Crippen molar-refractivity contribution >= 4 is 34.9 Å². The Hall–Kier alpha value is -1.65. The molecule has 3 rings (SSSR count). The highest BCUT2D eigenvalue weighted by atomic mass is 35.5. The lowest BCUT2D eigenvalue weighted by Crippen LogP contribution is -2.01. The summed E-state index contributed by atoms with van der Waals surface area (Å²) >= 11 is 11.5. The van der Waals surface area contributed by atoms with Gasteiger partial charge in [-0.15, -0.1) is 0 Å².